The Morgan fingerprint density at radius 1 is 1.20 bits per heavy atom. The Bertz CT molecular complexity index is 584. The van der Waals surface area contributed by atoms with Crippen molar-refractivity contribution in [2.75, 3.05) is 26.3 Å². The van der Waals surface area contributed by atoms with Crippen molar-refractivity contribution in [3.05, 3.63) is 36.0 Å². The van der Waals surface area contributed by atoms with Gasteiger partial charge in [-0.25, -0.2) is 0 Å². The predicted molar refractivity (Wildman–Crippen MR) is 81.7 cm³/mol. The van der Waals surface area contributed by atoms with E-state index in [1.165, 1.54) is 16.5 Å². The molecule has 108 valence electrons. The van der Waals surface area contributed by atoms with E-state index in [0.717, 1.165) is 26.3 Å². The number of fused-ring (bicyclic) bond motifs is 1. The summed E-state index contributed by atoms with van der Waals surface area (Å²) in [7, 11) is 2.10. The third-order valence-corrected chi connectivity index (χ3v) is 4.18. The molecule has 2 unspecified atom stereocenters. The number of nitrogens with zero attached hydrogens (tertiary/aromatic N) is 2. The van der Waals surface area contributed by atoms with Crippen LogP contribution in [-0.2, 0) is 11.8 Å². The van der Waals surface area contributed by atoms with Gasteiger partial charge in [-0.1, -0.05) is 18.2 Å². The van der Waals surface area contributed by atoms with Crippen LogP contribution in [0.5, 0.6) is 0 Å². The molecule has 1 aromatic carbocycles. The standard InChI is InChI=1S/C16H23N3O/c1-12(17)16(19-7-9-20-10-8-19)14-11-18(2)15-6-4-3-5-13(14)15/h3-6,11-12,16H,7-10,17H2,1-2H3. The van der Waals surface area contributed by atoms with Crippen molar-refractivity contribution in [3.8, 4) is 0 Å². The Morgan fingerprint density at radius 2 is 1.90 bits per heavy atom. The number of morpholine rings is 1. The molecule has 1 saturated heterocycles. The number of nitrogens with two attached hydrogens (primary N) is 1. The van der Waals surface area contributed by atoms with Crippen molar-refractivity contribution >= 4 is 10.9 Å². The number of rotatable bonds is 3. The molecule has 2 N–H and O–H groups in total. The molecule has 0 saturated carbocycles. The van der Waals surface area contributed by atoms with Crippen LogP contribution in [0.3, 0.4) is 0 Å². The lowest BCUT2D eigenvalue weighted by molar-refractivity contribution is 0.0119. The molecule has 2 aromatic rings. The van der Waals surface area contributed by atoms with E-state index in [4.69, 9.17) is 10.5 Å². The van der Waals surface area contributed by atoms with Crippen molar-refractivity contribution in [1.29, 1.82) is 0 Å². The third kappa shape index (κ3) is 2.35. The number of aryl methyl sites for hydroxylation is 1. The van der Waals surface area contributed by atoms with Gasteiger partial charge in [0.2, 0.25) is 0 Å². The van der Waals surface area contributed by atoms with Gasteiger partial charge in [0.25, 0.3) is 0 Å². The average Bonchev–Trinajstić information content (AvgIpc) is 2.78. The lowest BCUT2D eigenvalue weighted by Crippen LogP contribution is -2.45. The zero-order valence-corrected chi connectivity index (χ0v) is 12.2. The van der Waals surface area contributed by atoms with Crippen molar-refractivity contribution < 1.29 is 4.74 Å². The molecular weight excluding hydrogens is 250 g/mol. The van der Waals surface area contributed by atoms with Gasteiger partial charge >= 0.3 is 0 Å². The molecule has 0 aliphatic carbocycles. The van der Waals surface area contributed by atoms with Crippen molar-refractivity contribution in [1.82, 2.24) is 9.47 Å². The minimum atomic E-state index is 0.0962. The molecule has 0 radical (unpaired) electrons. The molecule has 3 rings (SSSR count). The molecule has 0 bridgehead atoms. The van der Waals surface area contributed by atoms with Gasteiger partial charge in [-0.2, -0.15) is 0 Å². The van der Waals surface area contributed by atoms with E-state index in [0.29, 0.717) is 0 Å². The van der Waals surface area contributed by atoms with Crippen molar-refractivity contribution in [2.45, 2.75) is 19.0 Å². The van der Waals surface area contributed by atoms with Crippen LogP contribution in [0.2, 0.25) is 0 Å². The molecule has 0 spiro atoms. The summed E-state index contributed by atoms with van der Waals surface area (Å²) in [6.07, 6.45) is 2.23. The minimum Gasteiger partial charge on any atom is -0.379 e. The summed E-state index contributed by atoms with van der Waals surface area (Å²) >= 11 is 0. The predicted octanol–water partition coefficient (Wildman–Crippen LogP) is 1.90. The maximum absolute atomic E-state index is 6.31. The summed E-state index contributed by atoms with van der Waals surface area (Å²) in [6.45, 7) is 5.61. The lowest BCUT2D eigenvalue weighted by atomic mass is 9.98. The zero-order valence-electron chi connectivity index (χ0n) is 12.2. The van der Waals surface area contributed by atoms with Crippen LogP contribution >= 0.6 is 0 Å². The topological polar surface area (TPSA) is 43.4 Å². The summed E-state index contributed by atoms with van der Waals surface area (Å²) in [4.78, 5) is 2.45. The molecule has 1 fully saturated rings. The minimum absolute atomic E-state index is 0.0962. The smallest absolute Gasteiger partial charge is 0.0594 e. The summed E-state index contributed by atoms with van der Waals surface area (Å²) in [5.74, 6) is 0. The van der Waals surface area contributed by atoms with Gasteiger partial charge in [-0.3, -0.25) is 4.90 Å². The van der Waals surface area contributed by atoms with Crippen LogP contribution in [0.25, 0.3) is 10.9 Å². The fourth-order valence-corrected chi connectivity index (χ4v) is 3.28. The van der Waals surface area contributed by atoms with Crippen LogP contribution in [-0.4, -0.2) is 41.8 Å². The first-order valence-electron chi connectivity index (χ1n) is 7.30. The fraction of sp³-hybridized carbons (Fsp3) is 0.500. The number of benzene rings is 1. The van der Waals surface area contributed by atoms with Gasteiger partial charge in [0.1, 0.15) is 0 Å². The molecule has 1 aromatic heterocycles. The van der Waals surface area contributed by atoms with Gasteiger partial charge in [0.15, 0.2) is 0 Å². The Morgan fingerprint density at radius 3 is 2.60 bits per heavy atom. The van der Waals surface area contributed by atoms with Crippen molar-refractivity contribution in [3.63, 3.8) is 0 Å². The molecule has 2 heterocycles. The van der Waals surface area contributed by atoms with Crippen molar-refractivity contribution in [2.24, 2.45) is 12.8 Å². The van der Waals surface area contributed by atoms with E-state index >= 15 is 0 Å². The maximum atomic E-state index is 6.31. The van der Waals surface area contributed by atoms with E-state index in [2.05, 4.69) is 53.9 Å². The molecule has 1 aliphatic heterocycles. The van der Waals surface area contributed by atoms with E-state index in [1.54, 1.807) is 0 Å². The molecule has 4 heteroatoms. The molecular formula is C16H23N3O. The quantitative estimate of drug-likeness (QED) is 0.929. The number of hydrogen-bond donors (Lipinski definition) is 1. The SMILES string of the molecule is CC(N)C(c1cn(C)c2ccccc12)N1CCOCC1. The monoisotopic (exact) mass is 273 g/mol. The summed E-state index contributed by atoms with van der Waals surface area (Å²) < 4.78 is 7.67. The number of hydrogen-bond acceptors (Lipinski definition) is 3. The highest BCUT2D eigenvalue weighted by molar-refractivity contribution is 5.84. The summed E-state index contributed by atoms with van der Waals surface area (Å²) in [5.41, 5.74) is 8.91. The Balaban J connectivity index is 2.05. The van der Waals surface area contributed by atoms with Gasteiger partial charge < -0.3 is 15.0 Å². The third-order valence-electron chi connectivity index (χ3n) is 4.18. The highest BCUT2D eigenvalue weighted by Gasteiger charge is 2.28. The first kappa shape index (κ1) is 13.6. The van der Waals surface area contributed by atoms with Crippen LogP contribution in [0.15, 0.2) is 30.5 Å². The van der Waals surface area contributed by atoms with Gasteiger partial charge in [-0.05, 0) is 18.6 Å². The molecule has 2 atom stereocenters. The van der Waals surface area contributed by atoms with Crippen LogP contribution in [0, 0.1) is 0 Å². The van der Waals surface area contributed by atoms with Crippen LogP contribution < -0.4 is 5.73 Å². The highest BCUT2D eigenvalue weighted by Crippen LogP contribution is 2.31. The van der Waals surface area contributed by atoms with Gasteiger partial charge in [0.05, 0.1) is 19.3 Å². The number of ether oxygens (including phenoxy) is 1. The molecule has 4 nitrogen and oxygen atoms in total. The fourth-order valence-electron chi connectivity index (χ4n) is 3.28. The second-order valence-electron chi connectivity index (χ2n) is 5.66. The Hall–Kier alpha value is -1.36. The zero-order chi connectivity index (χ0) is 14.1. The van der Waals surface area contributed by atoms with Crippen LogP contribution in [0.1, 0.15) is 18.5 Å². The largest absolute Gasteiger partial charge is 0.379 e. The first-order valence-corrected chi connectivity index (χ1v) is 7.30. The van der Waals surface area contributed by atoms with Gasteiger partial charge in [-0.15, -0.1) is 0 Å². The maximum Gasteiger partial charge on any atom is 0.0594 e. The molecule has 20 heavy (non-hydrogen) atoms. The number of aromatic nitrogens is 1. The summed E-state index contributed by atoms with van der Waals surface area (Å²) in [6, 6.07) is 8.89. The Kier molecular flexibility index (Phi) is 3.78. The summed E-state index contributed by atoms with van der Waals surface area (Å²) in [5, 5.41) is 1.31. The van der Waals surface area contributed by atoms with E-state index in [9.17, 15) is 0 Å². The van der Waals surface area contributed by atoms with E-state index in [1.807, 2.05) is 0 Å². The van der Waals surface area contributed by atoms with E-state index < -0.39 is 0 Å². The lowest BCUT2D eigenvalue weighted by Gasteiger charge is -2.36. The van der Waals surface area contributed by atoms with E-state index in [-0.39, 0.29) is 12.1 Å². The normalized spacial score (nSPS) is 20.1. The molecule has 0 amide bonds. The number of para-hydroxylation sites is 1. The second-order valence-corrected chi connectivity index (χ2v) is 5.66. The highest BCUT2D eigenvalue weighted by atomic mass is 16.5. The molecule has 1 aliphatic rings. The van der Waals surface area contributed by atoms with Gasteiger partial charge in [0, 0.05) is 43.3 Å². The second kappa shape index (κ2) is 5.56. The first-order chi connectivity index (χ1) is 9.68. The Labute approximate surface area is 120 Å². The van der Waals surface area contributed by atoms with Crippen LogP contribution in [0.4, 0.5) is 0 Å². The average molecular weight is 273 g/mol.